The highest BCUT2D eigenvalue weighted by Crippen LogP contribution is 2.22. The van der Waals surface area contributed by atoms with Gasteiger partial charge >= 0.3 is 0 Å². The Balaban J connectivity index is 1.98. The Labute approximate surface area is 133 Å². The zero-order valence-electron chi connectivity index (χ0n) is 12.3. The number of hydrogen-bond donors (Lipinski definition) is 0. The first-order valence-electron chi connectivity index (χ1n) is 7.07. The SMILES string of the molecule is Cc1cc(=O)n(-c2ccccc2)c(SCc2ccccc2)n1. The highest BCUT2D eigenvalue weighted by Gasteiger charge is 2.10. The van der Waals surface area contributed by atoms with E-state index in [2.05, 4.69) is 17.1 Å². The second-order valence-electron chi connectivity index (χ2n) is 4.96. The van der Waals surface area contributed by atoms with Gasteiger partial charge in [-0.15, -0.1) is 0 Å². The molecule has 110 valence electrons. The molecular weight excluding hydrogens is 292 g/mol. The maximum absolute atomic E-state index is 12.4. The molecule has 3 rings (SSSR count). The van der Waals surface area contributed by atoms with Crippen molar-refractivity contribution < 1.29 is 0 Å². The van der Waals surface area contributed by atoms with Crippen LogP contribution in [0.2, 0.25) is 0 Å². The van der Waals surface area contributed by atoms with E-state index in [0.29, 0.717) is 0 Å². The van der Waals surface area contributed by atoms with Gasteiger partial charge in [-0.25, -0.2) is 4.98 Å². The predicted molar refractivity (Wildman–Crippen MR) is 90.6 cm³/mol. The van der Waals surface area contributed by atoms with E-state index in [-0.39, 0.29) is 5.56 Å². The predicted octanol–water partition coefficient (Wildman–Crippen LogP) is 3.83. The normalized spacial score (nSPS) is 10.6. The third-order valence-corrected chi connectivity index (χ3v) is 4.25. The van der Waals surface area contributed by atoms with Crippen molar-refractivity contribution in [1.29, 1.82) is 0 Å². The minimum Gasteiger partial charge on any atom is -0.269 e. The zero-order chi connectivity index (χ0) is 15.4. The van der Waals surface area contributed by atoms with E-state index in [4.69, 9.17) is 0 Å². The van der Waals surface area contributed by atoms with E-state index >= 15 is 0 Å². The number of benzene rings is 2. The number of aryl methyl sites for hydroxylation is 1. The van der Waals surface area contributed by atoms with Crippen LogP contribution < -0.4 is 5.56 Å². The van der Waals surface area contributed by atoms with Crippen LogP contribution in [0.15, 0.2) is 76.7 Å². The maximum Gasteiger partial charge on any atom is 0.258 e. The van der Waals surface area contributed by atoms with Crippen LogP contribution in [0, 0.1) is 6.92 Å². The molecule has 0 aliphatic heterocycles. The summed E-state index contributed by atoms with van der Waals surface area (Å²) in [6.07, 6.45) is 0. The number of thioether (sulfide) groups is 1. The van der Waals surface area contributed by atoms with Crippen molar-refractivity contribution >= 4 is 11.8 Å². The fourth-order valence-corrected chi connectivity index (χ4v) is 3.23. The quantitative estimate of drug-likeness (QED) is 0.542. The fraction of sp³-hybridized carbons (Fsp3) is 0.111. The molecule has 4 heteroatoms. The van der Waals surface area contributed by atoms with Gasteiger partial charge in [0, 0.05) is 17.5 Å². The molecule has 1 aromatic heterocycles. The van der Waals surface area contributed by atoms with Crippen molar-refractivity contribution in [3.05, 3.63) is 88.3 Å². The Morgan fingerprint density at radius 1 is 1.00 bits per heavy atom. The average molecular weight is 308 g/mol. The van der Waals surface area contributed by atoms with Crippen molar-refractivity contribution in [2.75, 3.05) is 0 Å². The van der Waals surface area contributed by atoms with E-state index in [1.54, 1.807) is 22.4 Å². The van der Waals surface area contributed by atoms with Gasteiger partial charge in [-0.05, 0) is 24.6 Å². The van der Waals surface area contributed by atoms with Crippen LogP contribution in [0.4, 0.5) is 0 Å². The molecule has 0 amide bonds. The van der Waals surface area contributed by atoms with Crippen LogP contribution in [0.5, 0.6) is 0 Å². The molecule has 0 spiro atoms. The molecule has 0 saturated heterocycles. The molecule has 0 aliphatic rings. The second-order valence-corrected chi connectivity index (χ2v) is 5.91. The van der Waals surface area contributed by atoms with E-state index in [9.17, 15) is 4.79 Å². The van der Waals surface area contributed by atoms with E-state index < -0.39 is 0 Å². The summed E-state index contributed by atoms with van der Waals surface area (Å²) in [7, 11) is 0. The van der Waals surface area contributed by atoms with Gasteiger partial charge < -0.3 is 0 Å². The maximum atomic E-state index is 12.4. The molecule has 3 aromatic rings. The Kier molecular flexibility index (Phi) is 4.39. The lowest BCUT2D eigenvalue weighted by molar-refractivity contribution is 0.780. The fourth-order valence-electron chi connectivity index (χ4n) is 2.20. The smallest absolute Gasteiger partial charge is 0.258 e. The Morgan fingerprint density at radius 2 is 1.64 bits per heavy atom. The third kappa shape index (κ3) is 3.28. The zero-order valence-corrected chi connectivity index (χ0v) is 13.1. The molecule has 0 radical (unpaired) electrons. The molecule has 0 atom stereocenters. The van der Waals surface area contributed by atoms with Crippen LogP contribution in [0.3, 0.4) is 0 Å². The summed E-state index contributed by atoms with van der Waals surface area (Å²) < 4.78 is 1.67. The first-order chi connectivity index (χ1) is 10.7. The summed E-state index contributed by atoms with van der Waals surface area (Å²) in [6, 6.07) is 21.4. The van der Waals surface area contributed by atoms with Crippen molar-refractivity contribution in [2.24, 2.45) is 0 Å². The summed E-state index contributed by atoms with van der Waals surface area (Å²) in [5, 5.41) is 0.722. The third-order valence-electron chi connectivity index (χ3n) is 3.24. The Hall–Kier alpha value is -2.33. The Bertz CT molecular complexity index is 813. The lowest BCUT2D eigenvalue weighted by Crippen LogP contribution is -2.21. The molecule has 0 aliphatic carbocycles. The lowest BCUT2D eigenvalue weighted by atomic mass is 10.2. The van der Waals surface area contributed by atoms with Crippen molar-refractivity contribution in [3.8, 4) is 5.69 Å². The molecule has 0 unspecified atom stereocenters. The summed E-state index contributed by atoms with van der Waals surface area (Å²) in [4.78, 5) is 16.9. The molecule has 2 aromatic carbocycles. The summed E-state index contributed by atoms with van der Waals surface area (Å²) >= 11 is 1.58. The lowest BCUT2D eigenvalue weighted by Gasteiger charge is -2.12. The van der Waals surface area contributed by atoms with E-state index in [1.807, 2.05) is 55.5 Å². The number of para-hydroxylation sites is 1. The molecular formula is C18H16N2OS. The van der Waals surface area contributed by atoms with Gasteiger partial charge in [-0.1, -0.05) is 60.3 Å². The number of rotatable bonds is 4. The van der Waals surface area contributed by atoms with Gasteiger partial charge in [0.05, 0.1) is 5.69 Å². The van der Waals surface area contributed by atoms with Crippen molar-refractivity contribution in [3.63, 3.8) is 0 Å². The van der Waals surface area contributed by atoms with Crippen LogP contribution in [0.25, 0.3) is 5.69 Å². The van der Waals surface area contributed by atoms with Gasteiger partial charge in [0.25, 0.3) is 5.56 Å². The molecule has 0 saturated carbocycles. The summed E-state index contributed by atoms with van der Waals surface area (Å²) in [5.41, 5.74) is 2.75. The number of hydrogen-bond acceptors (Lipinski definition) is 3. The molecule has 0 N–H and O–H groups in total. The highest BCUT2D eigenvalue weighted by molar-refractivity contribution is 7.98. The number of aromatic nitrogens is 2. The highest BCUT2D eigenvalue weighted by atomic mass is 32.2. The van der Waals surface area contributed by atoms with E-state index in [1.165, 1.54) is 5.56 Å². The van der Waals surface area contributed by atoms with Crippen LogP contribution in [-0.2, 0) is 5.75 Å². The first-order valence-corrected chi connectivity index (χ1v) is 8.05. The van der Waals surface area contributed by atoms with Crippen LogP contribution in [-0.4, -0.2) is 9.55 Å². The Morgan fingerprint density at radius 3 is 2.32 bits per heavy atom. The summed E-state index contributed by atoms with van der Waals surface area (Å²) in [6.45, 7) is 1.85. The van der Waals surface area contributed by atoms with Gasteiger partial charge in [0.1, 0.15) is 0 Å². The van der Waals surface area contributed by atoms with Crippen molar-refractivity contribution in [2.45, 2.75) is 17.8 Å². The van der Waals surface area contributed by atoms with Gasteiger partial charge in [-0.2, -0.15) is 0 Å². The standard InChI is InChI=1S/C18H16N2OS/c1-14-12-17(21)20(16-10-6-3-7-11-16)18(19-14)22-13-15-8-4-2-5-9-15/h2-12H,13H2,1H3. The van der Waals surface area contributed by atoms with Gasteiger partial charge in [0.2, 0.25) is 0 Å². The molecule has 22 heavy (non-hydrogen) atoms. The van der Waals surface area contributed by atoms with Gasteiger partial charge in [0.15, 0.2) is 5.16 Å². The summed E-state index contributed by atoms with van der Waals surface area (Å²) in [5.74, 6) is 0.781. The van der Waals surface area contributed by atoms with Gasteiger partial charge in [-0.3, -0.25) is 9.36 Å². The topological polar surface area (TPSA) is 34.9 Å². The molecule has 1 heterocycles. The number of nitrogens with zero attached hydrogens (tertiary/aromatic N) is 2. The molecule has 3 nitrogen and oxygen atoms in total. The largest absolute Gasteiger partial charge is 0.269 e. The monoisotopic (exact) mass is 308 g/mol. The van der Waals surface area contributed by atoms with Crippen LogP contribution >= 0.6 is 11.8 Å². The average Bonchev–Trinajstić information content (AvgIpc) is 2.54. The van der Waals surface area contributed by atoms with Crippen LogP contribution in [0.1, 0.15) is 11.3 Å². The first kappa shape index (κ1) is 14.6. The van der Waals surface area contributed by atoms with Crippen molar-refractivity contribution in [1.82, 2.24) is 9.55 Å². The minimum absolute atomic E-state index is 0.0470. The molecule has 0 bridgehead atoms. The second kappa shape index (κ2) is 6.62. The van der Waals surface area contributed by atoms with E-state index in [0.717, 1.165) is 22.3 Å². The molecule has 0 fully saturated rings. The minimum atomic E-state index is -0.0470.